The van der Waals surface area contributed by atoms with Gasteiger partial charge in [0.05, 0.1) is 17.3 Å². The summed E-state index contributed by atoms with van der Waals surface area (Å²) >= 11 is 0. The third kappa shape index (κ3) is 1.38. The minimum absolute atomic E-state index is 0.670. The first-order valence-corrected chi connectivity index (χ1v) is 4.30. The third-order valence-electron chi connectivity index (χ3n) is 2.11. The summed E-state index contributed by atoms with van der Waals surface area (Å²) in [6.45, 7) is 0. The molecule has 0 saturated heterocycles. The van der Waals surface area contributed by atoms with Crippen LogP contribution in [0.25, 0.3) is 11.3 Å². The molecule has 0 aliphatic carbocycles. The first-order valence-electron chi connectivity index (χ1n) is 4.30. The molecule has 0 radical (unpaired) electrons. The summed E-state index contributed by atoms with van der Waals surface area (Å²) in [7, 11) is 1.88. The molecular weight excluding hydrogens is 174 g/mol. The zero-order valence-corrected chi connectivity index (χ0v) is 7.81. The molecule has 1 aromatic carbocycles. The molecule has 68 valence electrons. The lowest BCUT2D eigenvalue weighted by Crippen LogP contribution is -1.93. The molecule has 0 aliphatic heterocycles. The Labute approximate surface area is 82.2 Å². The average Bonchev–Trinajstić information content (AvgIpc) is 2.65. The molecule has 0 N–H and O–H groups in total. The van der Waals surface area contributed by atoms with Crippen LogP contribution in [-0.2, 0) is 7.05 Å². The predicted molar refractivity (Wildman–Crippen MR) is 53.4 cm³/mol. The molecule has 14 heavy (non-hydrogen) atoms. The van der Waals surface area contributed by atoms with Crippen LogP contribution in [-0.4, -0.2) is 9.78 Å². The molecule has 2 aromatic rings. The molecule has 0 amide bonds. The Kier molecular flexibility index (Phi) is 2.04. The maximum Gasteiger partial charge on any atom is 0.0991 e. The van der Waals surface area contributed by atoms with Crippen molar-refractivity contribution in [2.24, 2.45) is 7.05 Å². The van der Waals surface area contributed by atoms with Gasteiger partial charge in [0.1, 0.15) is 0 Å². The molecule has 1 aromatic heterocycles. The largest absolute Gasteiger partial charge is 0.268 e. The topological polar surface area (TPSA) is 41.6 Å². The Morgan fingerprint density at radius 3 is 2.86 bits per heavy atom. The standard InChI is InChI=1S/C11H9N3/c1-14-11(5-6-13-14)10-4-2-3-9(7-10)8-12/h2-7H,1H3. The fourth-order valence-corrected chi connectivity index (χ4v) is 1.41. The lowest BCUT2D eigenvalue weighted by molar-refractivity contribution is 0.776. The van der Waals surface area contributed by atoms with Crippen LogP contribution in [0.5, 0.6) is 0 Å². The molecule has 0 unspecified atom stereocenters. The summed E-state index contributed by atoms with van der Waals surface area (Å²) in [6.07, 6.45) is 1.74. The second kappa shape index (κ2) is 3.35. The van der Waals surface area contributed by atoms with E-state index in [1.165, 1.54) is 0 Å². The van der Waals surface area contributed by atoms with Gasteiger partial charge >= 0.3 is 0 Å². The van der Waals surface area contributed by atoms with Crippen molar-refractivity contribution >= 4 is 0 Å². The number of nitriles is 1. The van der Waals surface area contributed by atoms with Gasteiger partial charge in [-0.2, -0.15) is 10.4 Å². The Hall–Kier alpha value is -2.08. The lowest BCUT2D eigenvalue weighted by atomic mass is 10.1. The van der Waals surface area contributed by atoms with E-state index in [1.54, 1.807) is 16.9 Å². The molecule has 0 bridgehead atoms. The van der Waals surface area contributed by atoms with Crippen LogP contribution in [0.3, 0.4) is 0 Å². The molecule has 0 aliphatic rings. The van der Waals surface area contributed by atoms with Crippen molar-refractivity contribution in [3.63, 3.8) is 0 Å². The second-order valence-corrected chi connectivity index (χ2v) is 3.03. The van der Waals surface area contributed by atoms with E-state index in [0.29, 0.717) is 5.56 Å². The van der Waals surface area contributed by atoms with E-state index >= 15 is 0 Å². The van der Waals surface area contributed by atoms with E-state index in [9.17, 15) is 0 Å². The van der Waals surface area contributed by atoms with Crippen LogP contribution in [0.15, 0.2) is 36.5 Å². The number of benzene rings is 1. The number of aryl methyl sites for hydroxylation is 1. The van der Waals surface area contributed by atoms with Crippen LogP contribution < -0.4 is 0 Å². The van der Waals surface area contributed by atoms with Crippen molar-refractivity contribution in [1.82, 2.24) is 9.78 Å². The minimum atomic E-state index is 0.670. The van der Waals surface area contributed by atoms with Gasteiger partial charge in [-0.1, -0.05) is 12.1 Å². The summed E-state index contributed by atoms with van der Waals surface area (Å²) in [5, 5.41) is 12.8. The summed E-state index contributed by atoms with van der Waals surface area (Å²) in [5.41, 5.74) is 2.70. The van der Waals surface area contributed by atoms with Gasteiger partial charge in [0, 0.05) is 18.8 Å². The molecule has 2 rings (SSSR count). The van der Waals surface area contributed by atoms with Gasteiger partial charge < -0.3 is 0 Å². The molecule has 0 atom stereocenters. The monoisotopic (exact) mass is 183 g/mol. The molecule has 3 heteroatoms. The van der Waals surface area contributed by atoms with E-state index in [2.05, 4.69) is 11.2 Å². The maximum atomic E-state index is 8.76. The highest BCUT2D eigenvalue weighted by Gasteiger charge is 2.02. The predicted octanol–water partition coefficient (Wildman–Crippen LogP) is 1.96. The average molecular weight is 183 g/mol. The third-order valence-corrected chi connectivity index (χ3v) is 2.11. The van der Waals surface area contributed by atoms with Crippen molar-refractivity contribution in [3.8, 4) is 17.3 Å². The van der Waals surface area contributed by atoms with Crippen LogP contribution >= 0.6 is 0 Å². The number of hydrogen-bond donors (Lipinski definition) is 0. The highest BCUT2D eigenvalue weighted by molar-refractivity contribution is 5.61. The van der Waals surface area contributed by atoms with Crippen molar-refractivity contribution in [2.45, 2.75) is 0 Å². The maximum absolute atomic E-state index is 8.76. The quantitative estimate of drug-likeness (QED) is 0.678. The fraction of sp³-hybridized carbons (Fsp3) is 0.0909. The fourth-order valence-electron chi connectivity index (χ4n) is 1.41. The second-order valence-electron chi connectivity index (χ2n) is 3.03. The van der Waals surface area contributed by atoms with E-state index in [-0.39, 0.29) is 0 Å². The van der Waals surface area contributed by atoms with Gasteiger partial charge in [-0.15, -0.1) is 0 Å². The SMILES string of the molecule is Cn1nccc1-c1cccc(C#N)c1. The van der Waals surface area contributed by atoms with Crippen molar-refractivity contribution in [1.29, 1.82) is 5.26 Å². The van der Waals surface area contributed by atoms with E-state index in [1.807, 2.05) is 31.3 Å². The minimum Gasteiger partial charge on any atom is -0.268 e. The lowest BCUT2D eigenvalue weighted by Gasteiger charge is -2.01. The Morgan fingerprint density at radius 2 is 2.21 bits per heavy atom. The zero-order chi connectivity index (χ0) is 9.97. The smallest absolute Gasteiger partial charge is 0.0991 e. The van der Waals surface area contributed by atoms with E-state index in [4.69, 9.17) is 5.26 Å². The van der Waals surface area contributed by atoms with Gasteiger partial charge in [-0.25, -0.2) is 0 Å². The summed E-state index contributed by atoms with van der Waals surface area (Å²) in [4.78, 5) is 0. The van der Waals surface area contributed by atoms with Gasteiger partial charge in [0.15, 0.2) is 0 Å². The van der Waals surface area contributed by atoms with Crippen LogP contribution in [0, 0.1) is 11.3 Å². The molecule has 1 heterocycles. The number of hydrogen-bond acceptors (Lipinski definition) is 2. The Morgan fingerprint density at radius 1 is 1.36 bits per heavy atom. The number of nitrogens with zero attached hydrogens (tertiary/aromatic N) is 3. The van der Waals surface area contributed by atoms with Gasteiger partial charge in [-0.05, 0) is 18.2 Å². The number of aromatic nitrogens is 2. The van der Waals surface area contributed by atoms with Crippen LogP contribution in [0.2, 0.25) is 0 Å². The van der Waals surface area contributed by atoms with Gasteiger partial charge in [-0.3, -0.25) is 4.68 Å². The van der Waals surface area contributed by atoms with Gasteiger partial charge in [0.25, 0.3) is 0 Å². The normalized spacial score (nSPS) is 9.71. The summed E-state index contributed by atoms with van der Waals surface area (Å²) in [6, 6.07) is 11.5. The molecule has 0 saturated carbocycles. The van der Waals surface area contributed by atoms with Crippen LogP contribution in [0.1, 0.15) is 5.56 Å². The highest BCUT2D eigenvalue weighted by Crippen LogP contribution is 2.18. The number of rotatable bonds is 1. The molecule has 0 fully saturated rings. The first-order chi connectivity index (χ1) is 6.81. The molecular formula is C11H9N3. The molecule has 0 spiro atoms. The van der Waals surface area contributed by atoms with Gasteiger partial charge in [0.2, 0.25) is 0 Å². The Balaban J connectivity index is 2.53. The van der Waals surface area contributed by atoms with Crippen LogP contribution in [0.4, 0.5) is 0 Å². The summed E-state index contributed by atoms with van der Waals surface area (Å²) in [5.74, 6) is 0. The zero-order valence-electron chi connectivity index (χ0n) is 7.81. The first kappa shape index (κ1) is 8.52. The highest BCUT2D eigenvalue weighted by atomic mass is 15.2. The van der Waals surface area contributed by atoms with Crippen molar-refractivity contribution in [2.75, 3.05) is 0 Å². The van der Waals surface area contributed by atoms with E-state index in [0.717, 1.165) is 11.3 Å². The molecule has 3 nitrogen and oxygen atoms in total. The Bertz CT molecular complexity index is 491. The van der Waals surface area contributed by atoms with Crippen molar-refractivity contribution in [3.05, 3.63) is 42.1 Å². The van der Waals surface area contributed by atoms with Crippen molar-refractivity contribution < 1.29 is 0 Å². The van der Waals surface area contributed by atoms with E-state index < -0.39 is 0 Å². The summed E-state index contributed by atoms with van der Waals surface area (Å²) < 4.78 is 1.79.